The molecule has 0 aliphatic carbocycles. The smallest absolute Gasteiger partial charge is 0.142 e. The summed E-state index contributed by atoms with van der Waals surface area (Å²) in [6, 6.07) is 14.3. The summed E-state index contributed by atoms with van der Waals surface area (Å²) in [6.07, 6.45) is 4.80. The Bertz CT molecular complexity index is 849. The van der Waals surface area contributed by atoms with E-state index in [1.807, 2.05) is 12.1 Å². The molecule has 2 aromatic rings. The van der Waals surface area contributed by atoms with Gasteiger partial charge in [0.25, 0.3) is 0 Å². The van der Waals surface area contributed by atoms with Crippen molar-refractivity contribution >= 4 is 0 Å². The van der Waals surface area contributed by atoms with Gasteiger partial charge >= 0.3 is 0 Å². The first-order valence-corrected chi connectivity index (χ1v) is 8.03. The molecule has 0 bridgehead atoms. The lowest BCUT2D eigenvalue weighted by molar-refractivity contribution is 0.623. The van der Waals surface area contributed by atoms with E-state index >= 15 is 0 Å². The third kappa shape index (κ3) is 5.31. The Kier molecular flexibility index (Phi) is 6.64. The standard InChI is InChI=1S/C22H18FN/c1-2-3-4-7-18-10-12-19(13-11-18)8-5-6-9-20-14-15-21(17-24)22(23)16-20/h10-16H,2-4,7H2,1H3. The average Bonchev–Trinajstić information content (AvgIpc) is 2.60. The van der Waals surface area contributed by atoms with Crippen LogP contribution in [0.15, 0.2) is 42.5 Å². The summed E-state index contributed by atoms with van der Waals surface area (Å²) in [6.45, 7) is 2.20. The van der Waals surface area contributed by atoms with E-state index in [9.17, 15) is 4.39 Å². The van der Waals surface area contributed by atoms with Crippen molar-refractivity contribution in [1.82, 2.24) is 0 Å². The van der Waals surface area contributed by atoms with Crippen molar-refractivity contribution in [1.29, 1.82) is 5.26 Å². The average molecular weight is 315 g/mol. The van der Waals surface area contributed by atoms with E-state index in [2.05, 4.69) is 42.7 Å². The molecule has 0 spiro atoms. The summed E-state index contributed by atoms with van der Waals surface area (Å²) in [5.41, 5.74) is 2.76. The van der Waals surface area contributed by atoms with Crippen LogP contribution in [0.2, 0.25) is 0 Å². The maximum absolute atomic E-state index is 13.4. The van der Waals surface area contributed by atoms with Gasteiger partial charge in [-0.2, -0.15) is 5.26 Å². The van der Waals surface area contributed by atoms with Crippen LogP contribution < -0.4 is 0 Å². The van der Waals surface area contributed by atoms with Gasteiger partial charge in [-0.3, -0.25) is 0 Å². The molecule has 0 saturated heterocycles. The molecule has 2 rings (SSSR count). The molecule has 0 amide bonds. The van der Waals surface area contributed by atoms with Gasteiger partial charge in [-0.25, -0.2) is 4.39 Å². The van der Waals surface area contributed by atoms with Crippen LogP contribution in [0.25, 0.3) is 0 Å². The quantitative estimate of drug-likeness (QED) is 0.585. The van der Waals surface area contributed by atoms with Crippen LogP contribution in [0, 0.1) is 40.8 Å². The zero-order chi connectivity index (χ0) is 17.2. The van der Waals surface area contributed by atoms with Gasteiger partial charge in [-0.1, -0.05) is 43.7 Å². The first kappa shape index (κ1) is 17.3. The van der Waals surface area contributed by atoms with Crippen molar-refractivity contribution in [3.63, 3.8) is 0 Å². The minimum absolute atomic E-state index is 0.0191. The van der Waals surface area contributed by atoms with E-state index in [-0.39, 0.29) is 5.56 Å². The van der Waals surface area contributed by atoms with Crippen molar-refractivity contribution in [3.05, 3.63) is 70.5 Å². The van der Waals surface area contributed by atoms with Crippen LogP contribution in [-0.4, -0.2) is 0 Å². The molecule has 24 heavy (non-hydrogen) atoms. The first-order valence-electron chi connectivity index (χ1n) is 8.03. The van der Waals surface area contributed by atoms with Gasteiger partial charge in [0, 0.05) is 11.1 Å². The van der Waals surface area contributed by atoms with E-state index < -0.39 is 5.82 Å². The van der Waals surface area contributed by atoms with Gasteiger partial charge in [-0.15, -0.1) is 0 Å². The second kappa shape index (κ2) is 9.19. The Morgan fingerprint density at radius 2 is 1.58 bits per heavy atom. The largest absolute Gasteiger partial charge is 0.206 e. The van der Waals surface area contributed by atoms with E-state index in [0.29, 0.717) is 5.56 Å². The highest BCUT2D eigenvalue weighted by atomic mass is 19.1. The first-order chi connectivity index (χ1) is 11.7. The third-order valence-electron chi connectivity index (χ3n) is 3.59. The van der Waals surface area contributed by atoms with Gasteiger partial charge < -0.3 is 0 Å². The van der Waals surface area contributed by atoms with Crippen LogP contribution >= 0.6 is 0 Å². The molecular weight excluding hydrogens is 297 g/mol. The van der Waals surface area contributed by atoms with Crippen LogP contribution in [0.4, 0.5) is 4.39 Å². The minimum atomic E-state index is -0.559. The number of rotatable bonds is 4. The van der Waals surface area contributed by atoms with Crippen molar-refractivity contribution in [3.8, 4) is 29.8 Å². The molecule has 2 aromatic carbocycles. The highest BCUT2D eigenvalue weighted by Gasteiger charge is 2.00. The summed E-state index contributed by atoms with van der Waals surface area (Å²) in [5, 5.41) is 8.68. The lowest BCUT2D eigenvalue weighted by Crippen LogP contribution is -1.85. The normalized spacial score (nSPS) is 9.21. The number of aryl methyl sites for hydroxylation is 1. The second-order valence-corrected chi connectivity index (χ2v) is 5.46. The van der Waals surface area contributed by atoms with Crippen LogP contribution in [0.3, 0.4) is 0 Å². The van der Waals surface area contributed by atoms with Gasteiger partial charge in [0.2, 0.25) is 0 Å². The van der Waals surface area contributed by atoms with E-state index in [0.717, 1.165) is 12.0 Å². The molecule has 0 unspecified atom stereocenters. The van der Waals surface area contributed by atoms with Gasteiger partial charge in [0.1, 0.15) is 11.9 Å². The molecule has 0 N–H and O–H groups in total. The lowest BCUT2D eigenvalue weighted by Gasteiger charge is -2.00. The molecule has 118 valence electrons. The van der Waals surface area contributed by atoms with Gasteiger partial charge in [0.05, 0.1) is 5.56 Å². The maximum Gasteiger partial charge on any atom is 0.142 e. The predicted molar refractivity (Wildman–Crippen MR) is 94.5 cm³/mol. The fraction of sp³-hybridized carbons (Fsp3) is 0.227. The molecular formula is C22H18FN. The van der Waals surface area contributed by atoms with E-state index in [1.165, 1.54) is 37.0 Å². The van der Waals surface area contributed by atoms with Crippen LogP contribution in [0.5, 0.6) is 0 Å². The minimum Gasteiger partial charge on any atom is -0.206 e. The summed E-state index contributed by atoms with van der Waals surface area (Å²) >= 11 is 0. The summed E-state index contributed by atoms with van der Waals surface area (Å²) in [5.74, 6) is 10.7. The molecule has 0 aliphatic heterocycles. The SMILES string of the molecule is CCCCCc1ccc(C#CC#Cc2ccc(C#N)c(F)c2)cc1. The Hall–Kier alpha value is -3.02. The Morgan fingerprint density at radius 1 is 0.917 bits per heavy atom. The highest BCUT2D eigenvalue weighted by molar-refractivity contribution is 5.46. The van der Waals surface area contributed by atoms with Crippen molar-refractivity contribution in [2.24, 2.45) is 0 Å². The Labute approximate surface area is 143 Å². The molecule has 1 nitrogen and oxygen atoms in total. The number of benzene rings is 2. The zero-order valence-electron chi connectivity index (χ0n) is 13.7. The molecule has 0 heterocycles. The molecule has 0 aliphatic rings. The number of nitriles is 1. The molecule has 0 saturated carbocycles. The Balaban J connectivity index is 1.99. The summed E-state index contributed by atoms with van der Waals surface area (Å²) in [7, 11) is 0. The zero-order valence-corrected chi connectivity index (χ0v) is 13.7. The number of nitrogens with zero attached hydrogens (tertiary/aromatic N) is 1. The molecule has 2 heteroatoms. The van der Waals surface area contributed by atoms with E-state index in [1.54, 1.807) is 12.1 Å². The van der Waals surface area contributed by atoms with Crippen LogP contribution in [0.1, 0.15) is 48.4 Å². The molecule has 0 atom stereocenters. The van der Waals surface area contributed by atoms with E-state index in [4.69, 9.17) is 5.26 Å². The molecule has 0 aromatic heterocycles. The number of unbranched alkanes of at least 4 members (excludes halogenated alkanes) is 2. The predicted octanol–water partition coefficient (Wildman–Crippen LogP) is 4.83. The third-order valence-corrected chi connectivity index (χ3v) is 3.59. The van der Waals surface area contributed by atoms with Crippen molar-refractivity contribution < 1.29 is 4.39 Å². The molecule has 0 radical (unpaired) electrons. The maximum atomic E-state index is 13.4. The summed E-state index contributed by atoms with van der Waals surface area (Å²) < 4.78 is 13.4. The fourth-order valence-corrected chi connectivity index (χ4v) is 2.22. The summed E-state index contributed by atoms with van der Waals surface area (Å²) in [4.78, 5) is 0. The number of hydrogen-bond acceptors (Lipinski definition) is 1. The fourth-order valence-electron chi connectivity index (χ4n) is 2.22. The highest BCUT2D eigenvalue weighted by Crippen LogP contribution is 2.09. The van der Waals surface area contributed by atoms with Gasteiger partial charge in [0.15, 0.2) is 0 Å². The second-order valence-electron chi connectivity index (χ2n) is 5.46. The van der Waals surface area contributed by atoms with Crippen molar-refractivity contribution in [2.75, 3.05) is 0 Å². The van der Waals surface area contributed by atoms with Crippen LogP contribution in [-0.2, 0) is 6.42 Å². The van der Waals surface area contributed by atoms with Gasteiger partial charge in [-0.05, 0) is 60.6 Å². The van der Waals surface area contributed by atoms with Crippen molar-refractivity contribution in [2.45, 2.75) is 32.6 Å². The lowest BCUT2D eigenvalue weighted by atomic mass is 10.1. The number of halogens is 1. The molecule has 0 fully saturated rings. The Morgan fingerprint density at radius 3 is 2.21 bits per heavy atom. The number of hydrogen-bond donors (Lipinski definition) is 0. The monoisotopic (exact) mass is 315 g/mol. The topological polar surface area (TPSA) is 23.8 Å².